The molecule has 1 aliphatic heterocycles. The Hall–Kier alpha value is -0.610. The Morgan fingerprint density at radius 1 is 1.47 bits per heavy atom. The summed E-state index contributed by atoms with van der Waals surface area (Å²) in [7, 11) is 1.88. The van der Waals surface area contributed by atoms with E-state index >= 15 is 0 Å². The minimum absolute atomic E-state index is 0.0305. The Kier molecular flexibility index (Phi) is 5.92. The highest BCUT2D eigenvalue weighted by molar-refractivity contribution is 5.82. The molecule has 1 rings (SSSR count). The summed E-state index contributed by atoms with van der Waals surface area (Å²) in [4.78, 5) is 16.6. The third-order valence-corrected chi connectivity index (χ3v) is 3.77. The summed E-state index contributed by atoms with van der Waals surface area (Å²) in [5.74, 6) is 0.276. The number of likely N-dealkylation sites (N-methyl/N-ethyl adjacent to an activating group) is 2. The van der Waals surface area contributed by atoms with Gasteiger partial charge in [-0.05, 0) is 39.9 Å². The van der Waals surface area contributed by atoms with E-state index in [2.05, 4.69) is 31.0 Å². The Morgan fingerprint density at radius 2 is 2.12 bits per heavy atom. The van der Waals surface area contributed by atoms with Gasteiger partial charge in [-0.2, -0.15) is 0 Å². The lowest BCUT2D eigenvalue weighted by atomic mass is 10.0. The van der Waals surface area contributed by atoms with Gasteiger partial charge in [0.1, 0.15) is 0 Å². The van der Waals surface area contributed by atoms with Crippen LogP contribution >= 0.6 is 0 Å². The zero-order valence-corrected chi connectivity index (χ0v) is 11.7. The number of hydrogen-bond donors (Lipinski definition) is 1. The van der Waals surface area contributed by atoms with Crippen molar-refractivity contribution in [3.05, 3.63) is 0 Å². The Bertz CT molecular complexity index is 241. The number of nitrogens with one attached hydrogen (secondary N) is 1. The van der Waals surface area contributed by atoms with Gasteiger partial charge in [0.2, 0.25) is 5.91 Å². The molecule has 0 radical (unpaired) electrons. The van der Waals surface area contributed by atoms with Crippen LogP contribution in [-0.4, -0.2) is 61.0 Å². The molecule has 0 bridgehead atoms. The van der Waals surface area contributed by atoms with Crippen LogP contribution < -0.4 is 5.32 Å². The molecule has 0 aliphatic carbocycles. The highest BCUT2D eigenvalue weighted by Gasteiger charge is 2.30. The number of nitrogens with zero attached hydrogens (tertiary/aromatic N) is 2. The smallest absolute Gasteiger partial charge is 0.239 e. The van der Waals surface area contributed by atoms with Gasteiger partial charge in [0.15, 0.2) is 0 Å². The molecule has 2 atom stereocenters. The number of amides is 1. The van der Waals surface area contributed by atoms with Gasteiger partial charge >= 0.3 is 0 Å². The molecule has 1 heterocycles. The highest BCUT2D eigenvalue weighted by atomic mass is 16.2. The molecule has 4 heteroatoms. The van der Waals surface area contributed by atoms with E-state index in [9.17, 15) is 4.79 Å². The number of piperidine rings is 1. The number of carbonyl (C=O) groups is 1. The molecule has 0 aromatic rings. The van der Waals surface area contributed by atoms with Crippen LogP contribution in [0.1, 0.15) is 33.6 Å². The molecule has 0 aromatic heterocycles. The minimum atomic E-state index is 0.0305. The van der Waals surface area contributed by atoms with Gasteiger partial charge < -0.3 is 15.1 Å². The normalized spacial score (nSPS) is 23.2. The maximum absolute atomic E-state index is 12.2. The first-order valence-corrected chi connectivity index (χ1v) is 6.84. The number of rotatable bonds is 6. The standard InChI is InChI=1S/C13H27N3O/c1-5-15(6-2)10-11(3)16-9-7-8-12(14-4)13(16)17/h11-12,14H,5-10H2,1-4H3. The number of likely N-dealkylation sites (tertiary alicyclic amines) is 1. The van der Waals surface area contributed by atoms with Gasteiger partial charge in [-0.15, -0.1) is 0 Å². The molecule has 17 heavy (non-hydrogen) atoms. The van der Waals surface area contributed by atoms with Crippen LogP contribution in [-0.2, 0) is 4.79 Å². The van der Waals surface area contributed by atoms with E-state index < -0.39 is 0 Å². The van der Waals surface area contributed by atoms with Gasteiger partial charge in [0.05, 0.1) is 6.04 Å². The minimum Gasteiger partial charge on any atom is -0.337 e. The summed E-state index contributed by atoms with van der Waals surface area (Å²) in [5.41, 5.74) is 0. The monoisotopic (exact) mass is 241 g/mol. The molecule has 2 unspecified atom stereocenters. The van der Waals surface area contributed by atoms with Crippen LogP contribution in [0.4, 0.5) is 0 Å². The fourth-order valence-corrected chi connectivity index (χ4v) is 2.56. The summed E-state index contributed by atoms with van der Waals surface area (Å²) in [5, 5.41) is 3.12. The van der Waals surface area contributed by atoms with Crippen LogP contribution in [0.5, 0.6) is 0 Å². The molecule has 4 nitrogen and oxygen atoms in total. The van der Waals surface area contributed by atoms with Crippen molar-refractivity contribution in [3.63, 3.8) is 0 Å². The van der Waals surface area contributed by atoms with Crippen molar-refractivity contribution in [1.29, 1.82) is 0 Å². The lowest BCUT2D eigenvalue weighted by Gasteiger charge is -2.38. The van der Waals surface area contributed by atoms with Crippen molar-refractivity contribution < 1.29 is 4.79 Å². The van der Waals surface area contributed by atoms with Crippen molar-refractivity contribution in [3.8, 4) is 0 Å². The van der Waals surface area contributed by atoms with E-state index in [1.54, 1.807) is 0 Å². The summed E-state index contributed by atoms with van der Waals surface area (Å²) >= 11 is 0. The largest absolute Gasteiger partial charge is 0.337 e. The predicted molar refractivity (Wildman–Crippen MR) is 71.0 cm³/mol. The molecule has 1 N–H and O–H groups in total. The van der Waals surface area contributed by atoms with Crippen molar-refractivity contribution in [2.75, 3.05) is 33.2 Å². The average molecular weight is 241 g/mol. The van der Waals surface area contributed by atoms with Crippen molar-refractivity contribution in [2.45, 2.75) is 45.7 Å². The second-order valence-corrected chi connectivity index (χ2v) is 4.85. The van der Waals surface area contributed by atoms with Crippen LogP contribution in [0.15, 0.2) is 0 Å². The van der Waals surface area contributed by atoms with Crippen molar-refractivity contribution >= 4 is 5.91 Å². The third kappa shape index (κ3) is 3.68. The molecular weight excluding hydrogens is 214 g/mol. The molecule has 100 valence electrons. The fraction of sp³-hybridized carbons (Fsp3) is 0.923. The van der Waals surface area contributed by atoms with E-state index in [0.717, 1.165) is 39.0 Å². The first kappa shape index (κ1) is 14.5. The lowest BCUT2D eigenvalue weighted by Crippen LogP contribution is -2.55. The predicted octanol–water partition coefficient (Wildman–Crippen LogP) is 0.927. The Balaban J connectivity index is 2.55. The zero-order chi connectivity index (χ0) is 12.8. The van der Waals surface area contributed by atoms with Gasteiger partial charge in [-0.1, -0.05) is 13.8 Å². The SMILES string of the molecule is CCN(CC)CC(C)N1CCCC(NC)C1=O. The molecule has 1 aliphatic rings. The molecule has 1 saturated heterocycles. The van der Waals surface area contributed by atoms with Crippen LogP contribution in [0.2, 0.25) is 0 Å². The third-order valence-electron chi connectivity index (χ3n) is 3.77. The summed E-state index contributed by atoms with van der Waals surface area (Å²) in [6.07, 6.45) is 2.09. The number of hydrogen-bond acceptors (Lipinski definition) is 3. The molecular formula is C13H27N3O. The maximum Gasteiger partial charge on any atom is 0.239 e. The van der Waals surface area contributed by atoms with Gasteiger partial charge in [-0.3, -0.25) is 4.79 Å². The first-order valence-electron chi connectivity index (χ1n) is 6.84. The maximum atomic E-state index is 12.2. The quantitative estimate of drug-likeness (QED) is 0.751. The average Bonchev–Trinajstić information content (AvgIpc) is 2.35. The number of carbonyl (C=O) groups excluding carboxylic acids is 1. The van der Waals surface area contributed by atoms with Crippen LogP contribution in [0.3, 0.4) is 0 Å². The van der Waals surface area contributed by atoms with E-state index in [4.69, 9.17) is 0 Å². The van der Waals surface area contributed by atoms with Crippen molar-refractivity contribution in [2.24, 2.45) is 0 Å². The molecule has 0 saturated carbocycles. The Labute approximate surface area is 105 Å². The molecule has 0 aromatic carbocycles. The van der Waals surface area contributed by atoms with E-state index in [1.807, 2.05) is 11.9 Å². The Morgan fingerprint density at radius 3 is 2.65 bits per heavy atom. The lowest BCUT2D eigenvalue weighted by molar-refractivity contribution is -0.138. The van der Waals surface area contributed by atoms with Crippen molar-refractivity contribution in [1.82, 2.24) is 15.1 Å². The topological polar surface area (TPSA) is 35.6 Å². The fourth-order valence-electron chi connectivity index (χ4n) is 2.56. The summed E-state index contributed by atoms with van der Waals surface area (Å²) < 4.78 is 0. The van der Waals surface area contributed by atoms with E-state index in [0.29, 0.717) is 6.04 Å². The highest BCUT2D eigenvalue weighted by Crippen LogP contribution is 2.15. The van der Waals surface area contributed by atoms with E-state index in [1.165, 1.54) is 0 Å². The van der Waals surface area contributed by atoms with Crippen LogP contribution in [0, 0.1) is 0 Å². The summed E-state index contributed by atoms with van der Waals surface area (Å²) in [6.45, 7) is 10.5. The van der Waals surface area contributed by atoms with Gasteiger partial charge in [0.25, 0.3) is 0 Å². The van der Waals surface area contributed by atoms with Gasteiger partial charge in [0, 0.05) is 19.1 Å². The summed E-state index contributed by atoms with van der Waals surface area (Å²) in [6, 6.07) is 0.349. The van der Waals surface area contributed by atoms with E-state index in [-0.39, 0.29) is 11.9 Å². The van der Waals surface area contributed by atoms with Gasteiger partial charge in [-0.25, -0.2) is 0 Å². The molecule has 1 fully saturated rings. The second kappa shape index (κ2) is 6.97. The second-order valence-electron chi connectivity index (χ2n) is 4.85. The van der Waals surface area contributed by atoms with Crippen LogP contribution in [0.25, 0.3) is 0 Å². The molecule has 0 spiro atoms. The zero-order valence-electron chi connectivity index (χ0n) is 11.7. The first-order chi connectivity index (χ1) is 8.13. The molecule has 1 amide bonds.